The first-order valence-corrected chi connectivity index (χ1v) is 10.6. The highest BCUT2D eigenvalue weighted by molar-refractivity contribution is 6.10. The third-order valence-corrected chi connectivity index (χ3v) is 6.00. The SMILES string of the molecule is CN=CC(=CN)c1nc(-c2ccc(C3CCOCC3)c([C@@H]3CCCN3)c2)cnc1N. The van der Waals surface area contributed by atoms with E-state index in [9.17, 15) is 0 Å². The lowest BCUT2D eigenvalue weighted by molar-refractivity contribution is 0.0851. The summed E-state index contributed by atoms with van der Waals surface area (Å²) in [7, 11) is 1.69. The number of aliphatic imine (C=N–C) groups is 1. The largest absolute Gasteiger partial charge is 0.404 e. The Morgan fingerprint density at radius 3 is 2.77 bits per heavy atom. The van der Waals surface area contributed by atoms with E-state index in [0.717, 1.165) is 50.3 Å². The first kappa shape index (κ1) is 20.5. The maximum Gasteiger partial charge on any atom is 0.150 e. The Hall–Kier alpha value is -2.77. The van der Waals surface area contributed by atoms with E-state index in [-0.39, 0.29) is 0 Å². The predicted octanol–water partition coefficient (Wildman–Crippen LogP) is 3.04. The zero-order valence-electron chi connectivity index (χ0n) is 17.5. The first-order valence-electron chi connectivity index (χ1n) is 10.6. The smallest absolute Gasteiger partial charge is 0.150 e. The zero-order valence-corrected chi connectivity index (χ0v) is 17.5. The second-order valence-corrected chi connectivity index (χ2v) is 7.88. The van der Waals surface area contributed by atoms with Crippen LogP contribution in [0.3, 0.4) is 0 Å². The van der Waals surface area contributed by atoms with E-state index in [1.807, 2.05) is 0 Å². The normalized spacial score (nSPS) is 20.8. The molecule has 0 bridgehead atoms. The summed E-state index contributed by atoms with van der Waals surface area (Å²) < 4.78 is 5.58. The van der Waals surface area contributed by atoms with E-state index in [2.05, 4.69) is 33.5 Å². The van der Waals surface area contributed by atoms with Gasteiger partial charge in [0, 0.05) is 49.9 Å². The van der Waals surface area contributed by atoms with Crippen molar-refractivity contribution < 1.29 is 4.74 Å². The van der Waals surface area contributed by atoms with Crippen LogP contribution < -0.4 is 16.8 Å². The Balaban J connectivity index is 1.75. The van der Waals surface area contributed by atoms with E-state index in [4.69, 9.17) is 21.2 Å². The Bertz CT molecular complexity index is 943. The monoisotopic (exact) mass is 406 g/mol. The molecule has 158 valence electrons. The molecular weight excluding hydrogens is 376 g/mol. The molecular formula is C23H30N6O. The molecule has 2 fully saturated rings. The summed E-state index contributed by atoms with van der Waals surface area (Å²) in [5.41, 5.74) is 17.7. The number of hydrogen-bond donors (Lipinski definition) is 3. The third kappa shape index (κ3) is 4.22. The summed E-state index contributed by atoms with van der Waals surface area (Å²) >= 11 is 0. The Morgan fingerprint density at radius 1 is 1.23 bits per heavy atom. The molecule has 0 aliphatic carbocycles. The predicted molar refractivity (Wildman–Crippen MR) is 121 cm³/mol. The van der Waals surface area contributed by atoms with Crippen LogP contribution in [0.4, 0.5) is 5.82 Å². The molecule has 0 unspecified atom stereocenters. The summed E-state index contributed by atoms with van der Waals surface area (Å²) in [6, 6.07) is 7.08. The van der Waals surface area contributed by atoms with Crippen LogP contribution in [0.25, 0.3) is 16.8 Å². The first-order chi connectivity index (χ1) is 14.7. The van der Waals surface area contributed by atoms with Gasteiger partial charge in [-0.1, -0.05) is 12.1 Å². The van der Waals surface area contributed by atoms with Crippen LogP contribution in [-0.4, -0.2) is 43.0 Å². The number of benzene rings is 1. The number of aromatic nitrogens is 2. The number of anilines is 1. The van der Waals surface area contributed by atoms with Crippen LogP contribution in [0.15, 0.2) is 35.6 Å². The number of rotatable bonds is 5. The highest BCUT2D eigenvalue weighted by Gasteiger charge is 2.25. The van der Waals surface area contributed by atoms with Gasteiger partial charge in [-0.3, -0.25) is 4.99 Å². The van der Waals surface area contributed by atoms with Gasteiger partial charge in [0.25, 0.3) is 0 Å². The third-order valence-electron chi connectivity index (χ3n) is 6.00. The molecule has 5 N–H and O–H groups in total. The minimum absolute atomic E-state index is 0.340. The lowest BCUT2D eigenvalue weighted by Crippen LogP contribution is -2.19. The van der Waals surface area contributed by atoms with Crippen LogP contribution in [0, 0.1) is 0 Å². The van der Waals surface area contributed by atoms with Gasteiger partial charge in [-0.05, 0) is 55.3 Å². The summed E-state index contributed by atoms with van der Waals surface area (Å²) in [4.78, 5) is 13.2. The van der Waals surface area contributed by atoms with Crippen molar-refractivity contribution in [2.75, 3.05) is 32.5 Å². The van der Waals surface area contributed by atoms with E-state index in [0.29, 0.717) is 29.0 Å². The molecule has 2 aliphatic heterocycles. The Labute approximate surface area is 177 Å². The van der Waals surface area contributed by atoms with Gasteiger partial charge >= 0.3 is 0 Å². The molecule has 7 heteroatoms. The average molecular weight is 407 g/mol. The summed E-state index contributed by atoms with van der Waals surface area (Å²) in [5, 5.41) is 3.67. The second kappa shape index (κ2) is 9.36. The molecule has 0 radical (unpaired) electrons. The van der Waals surface area contributed by atoms with Gasteiger partial charge in [0.2, 0.25) is 0 Å². The fourth-order valence-electron chi connectivity index (χ4n) is 4.44. The molecule has 0 spiro atoms. The summed E-state index contributed by atoms with van der Waals surface area (Å²) in [6.07, 6.45) is 9.34. The Kier molecular flexibility index (Phi) is 6.40. The molecule has 1 aromatic heterocycles. The number of nitrogen functional groups attached to an aromatic ring is 1. The molecule has 0 amide bonds. The van der Waals surface area contributed by atoms with Crippen LogP contribution in [0.5, 0.6) is 0 Å². The van der Waals surface area contributed by atoms with Crippen molar-refractivity contribution in [1.29, 1.82) is 0 Å². The number of nitrogens with zero attached hydrogens (tertiary/aromatic N) is 3. The van der Waals surface area contributed by atoms with E-state index in [1.165, 1.54) is 23.7 Å². The number of hydrogen-bond acceptors (Lipinski definition) is 7. The minimum atomic E-state index is 0.340. The molecule has 30 heavy (non-hydrogen) atoms. The lowest BCUT2D eigenvalue weighted by Gasteiger charge is -2.27. The van der Waals surface area contributed by atoms with Crippen LogP contribution >= 0.6 is 0 Å². The fraction of sp³-hybridized carbons (Fsp3) is 0.435. The average Bonchev–Trinajstić information content (AvgIpc) is 3.33. The molecule has 1 atom stereocenters. The molecule has 3 heterocycles. The van der Waals surface area contributed by atoms with Crippen molar-refractivity contribution in [2.24, 2.45) is 10.7 Å². The highest BCUT2D eigenvalue weighted by Crippen LogP contribution is 2.37. The van der Waals surface area contributed by atoms with Gasteiger partial charge < -0.3 is 21.5 Å². The van der Waals surface area contributed by atoms with E-state index < -0.39 is 0 Å². The summed E-state index contributed by atoms with van der Waals surface area (Å²) in [5.74, 6) is 0.887. The number of ether oxygens (including phenoxy) is 1. The Morgan fingerprint density at radius 2 is 2.07 bits per heavy atom. The van der Waals surface area contributed by atoms with Crippen molar-refractivity contribution >= 4 is 17.6 Å². The van der Waals surface area contributed by atoms with Gasteiger partial charge in [0.1, 0.15) is 11.5 Å². The lowest BCUT2D eigenvalue weighted by atomic mass is 9.84. The maximum absolute atomic E-state index is 6.07. The molecule has 2 aliphatic rings. The van der Waals surface area contributed by atoms with Crippen molar-refractivity contribution in [3.05, 3.63) is 47.4 Å². The zero-order chi connectivity index (χ0) is 20.9. The summed E-state index contributed by atoms with van der Waals surface area (Å²) in [6.45, 7) is 2.74. The van der Waals surface area contributed by atoms with Gasteiger partial charge in [0.05, 0.1) is 11.9 Å². The molecule has 1 aromatic carbocycles. The van der Waals surface area contributed by atoms with Crippen molar-refractivity contribution in [3.8, 4) is 11.3 Å². The van der Waals surface area contributed by atoms with Gasteiger partial charge in [-0.25, -0.2) is 9.97 Å². The van der Waals surface area contributed by atoms with Crippen molar-refractivity contribution in [1.82, 2.24) is 15.3 Å². The molecule has 7 nitrogen and oxygen atoms in total. The van der Waals surface area contributed by atoms with Gasteiger partial charge in [0.15, 0.2) is 0 Å². The van der Waals surface area contributed by atoms with Crippen LogP contribution in [-0.2, 0) is 4.74 Å². The molecule has 4 rings (SSSR count). The fourth-order valence-corrected chi connectivity index (χ4v) is 4.44. The quantitative estimate of drug-likeness (QED) is 0.658. The maximum atomic E-state index is 6.07. The second-order valence-electron chi connectivity index (χ2n) is 7.88. The van der Waals surface area contributed by atoms with Crippen LogP contribution in [0.1, 0.15) is 54.5 Å². The van der Waals surface area contributed by atoms with Crippen LogP contribution in [0.2, 0.25) is 0 Å². The number of allylic oxidation sites excluding steroid dienone is 1. The van der Waals surface area contributed by atoms with Crippen molar-refractivity contribution in [3.63, 3.8) is 0 Å². The van der Waals surface area contributed by atoms with Crippen molar-refractivity contribution in [2.45, 2.75) is 37.6 Å². The number of nitrogens with one attached hydrogen (secondary N) is 1. The molecule has 2 saturated heterocycles. The highest BCUT2D eigenvalue weighted by atomic mass is 16.5. The van der Waals surface area contributed by atoms with E-state index in [1.54, 1.807) is 19.5 Å². The van der Waals surface area contributed by atoms with Gasteiger partial charge in [-0.15, -0.1) is 0 Å². The number of nitrogens with two attached hydrogens (primary N) is 2. The molecule has 2 aromatic rings. The standard InChI is InChI=1S/C23H30N6O/c1-26-13-17(12-24)22-23(25)28-14-21(29-22)16-4-5-18(15-6-9-30-10-7-15)19(11-16)20-3-2-8-27-20/h4-5,11-15,20,27H,2-3,6-10,24H2,1H3,(H2,25,28)/t20-/m0/s1. The minimum Gasteiger partial charge on any atom is -0.404 e. The topological polar surface area (TPSA) is 111 Å². The van der Waals surface area contributed by atoms with Gasteiger partial charge in [-0.2, -0.15) is 0 Å². The molecule has 0 saturated carbocycles. The van der Waals surface area contributed by atoms with E-state index >= 15 is 0 Å².